The molecular formula is C39H49ClF4N6O4S2. The van der Waals surface area contributed by atoms with Crippen LogP contribution in [0.4, 0.5) is 17.6 Å². The Kier molecular flexibility index (Phi) is 11.3. The quantitative estimate of drug-likeness (QED) is 0.118. The maximum atomic E-state index is 13.6. The minimum absolute atomic E-state index is 0.00841. The first-order chi connectivity index (χ1) is 25.8. The second kappa shape index (κ2) is 15.0. The van der Waals surface area contributed by atoms with E-state index in [-0.39, 0.29) is 58.1 Å². The summed E-state index contributed by atoms with van der Waals surface area (Å²) in [6, 6.07) is 11.1. The molecule has 10 nitrogen and oxygen atoms in total. The van der Waals surface area contributed by atoms with Gasteiger partial charge in [0.15, 0.2) is 0 Å². The number of rotatable bonds is 7. The molecule has 0 atom stereocenters. The topological polar surface area (TPSA) is 122 Å². The van der Waals surface area contributed by atoms with E-state index < -0.39 is 30.9 Å². The number of nitrogens with zero attached hydrogens (tertiary/aromatic N) is 6. The van der Waals surface area contributed by atoms with Crippen molar-refractivity contribution >= 4 is 51.8 Å². The van der Waals surface area contributed by atoms with E-state index in [0.717, 1.165) is 26.8 Å². The van der Waals surface area contributed by atoms with E-state index in [0.29, 0.717) is 49.8 Å². The molecule has 2 fully saturated rings. The Labute approximate surface area is 330 Å². The molecule has 0 N–H and O–H groups in total. The van der Waals surface area contributed by atoms with Crippen molar-refractivity contribution in [2.24, 2.45) is 11.8 Å². The van der Waals surface area contributed by atoms with Crippen LogP contribution in [0, 0.1) is 11.8 Å². The smallest absolute Gasteiger partial charge is 0.283 e. The van der Waals surface area contributed by atoms with Crippen LogP contribution in [0.25, 0.3) is 22.1 Å². The van der Waals surface area contributed by atoms with Crippen LogP contribution in [-0.4, -0.2) is 57.0 Å². The number of benzene rings is 2. The van der Waals surface area contributed by atoms with E-state index in [4.69, 9.17) is 15.7 Å². The van der Waals surface area contributed by atoms with Crippen LogP contribution >= 0.6 is 10.7 Å². The molecule has 2 saturated carbocycles. The third-order valence-corrected chi connectivity index (χ3v) is 13.6. The molecule has 0 saturated heterocycles. The molecule has 0 spiro atoms. The van der Waals surface area contributed by atoms with Crippen LogP contribution in [0.15, 0.2) is 64.6 Å². The summed E-state index contributed by atoms with van der Waals surface area (Å²) < 4.78 is 108. The van der Waals surface area contributed by atoms with Crippen molar-refractivity contribution in [2.45, 2.75) is 138 Å². The van der Waals surface area contributed by atoms with Gasteiger partial charge in [0.05, 0.1) is 38.1 Å². The van der Waals surface area contributed by atoms with Crippen LogP contribution in [0.1, 0.15) is 105 Å². The zero-order valence-electron chi connectivity index (χ0n) is 32.4. The Morgan fingerprint density at radius 3 is 1.48 bits per heavy atom. The Morgan fingerprint density at radius 1 is 0.696 bits per heavy atom. The van der Waals surface area contributed by atoms with Gasteiger partial charge in [-0.3, -0.25) is 0 Å². The fraction of sp³-hybridized carbons (Fsp3) is 0.564. The molecule has 2 aliphatic carbocycles. The molecule has 3 heterocycles. The lowest BCUT2D eigenvalue weighted by Gasteiger charge is -2.30. The van der Waals surface area contributed by atoms with Gasteiger partial charge < -0.3 is 9.13 Å². The number of halogens is 5. The minimum atomic E-state index is -3.83. The zero-order chi connectivity index (χ0) is 41.1. The predicted octanol–water partition coefficient (Wildman–Crippen LogP) is 9.68. The SMILES string of the molecule is CC(C)(C)c1nc2cc(S(=O)(=O)Cl)ccc2n1CC1CCC(F)(F)CC1.CC(C)(C)c1nc2cc(S(=O)(=O)n3cccn3)ccc2n1CC1CCC(F)(F)CC1. The standard InChI is InChI=1S/C21H26F2N4O2S.C18H23ClF2N2O2S/c1-20(2,3)19-25-17-13-16(30(28,29)27-12-4-11-24-27)5-6-18(17)26(19)14-15-7-9-21(22,23)10-8-15;1-17(2,3)16-22-14-10-13(26(19,24)25)4-5-15(14)23(16)11-12-6-8-18(20,21)9-7-12/h4-6,11-13,15H,7-10,14H2,1-3H3;4-5,10,12H,6-9,11H2,1-3H3. The fourth-order valence-corrected chi connectivity index (χ4v) is 9.53. The minimum Gasteiger partial charge on any atom is -0.327 e. The predicted molar refractivity (Wildman–Crippen MR) is 209 cm³/mol. The number of aromatic nitrogens is 6. The molecule has 0 aliphatic heterocycles. The van der Waals surface area contributed by atoms with Crippen LogP contribution in [0.5, 0.6) is 0 Å². The average Bonchev–Trinajstić information content (AvgIpc) is 3.85. The molecule has 0 radical (unpaired) electrons. The summed E-state index contributed by atoms with van der Waals surface area (Å²) in [6.07, 6.45) is 4.38. The van der Waals surface area contributed by atoms with Crippen LogP contribution in [-0.2, 0) is 43.0 Å². The molecule has 56 heavy (non-hydrogen) atoms. The number of hydrogen-bond acceptors (Lipinski definition) is 7. The van der Waals surface area contributed by atoms with Crippen LogP contribution in [0.2, 0.25) is 0 Å². The summed E-state index contributed by atoms with van der Waals surface area (Å²) in [7, 11) is -2.18. The van der Waals surface area contributed by atoms with Gasteiger partial charge in [-0.15, -0.1) is 0 Å². The molecule has 7 rings (SSSR count). The maximum absolute atomic E-state index is 13.6. The van der Waals surface area contributed by atoms with Gasteiger partial charge in [-0.25, -0.2) is 35.9 Å². The molecule has 2 aromatic carbocycles. The Balaban J connectivity index is 0.000000192. The molecular weight excluding hydrogens is 792 g/mol. The van der Waals surface area contributed by atoms with Gasteiger partial charge >= 0.3 is 0 Å². The number of imidazole rings is 2. The summed E-state index contributed by atoms with van der Waals surface area (Å²) in [6.45, 7) is 13.4. The lowest BCUT2D eigenvalue weighted by atomic mass is 9.86. The second-order valence-corrected chi connectivity index (χ2v) is 21.7. The first-order valence-electron chi connectivity index (χ1n) is 18.8. The van der Waals surface area contributed by atoms with Gasteiger partial charge in [-0.05, 0) is 80.0 Å². The number of fused-ring (bicyclic) bond motifs is 2. The summed E-state index contributed by atoms with van der Waals surface area (Å²) in [5, 5.41) is 3.84. The highest BCUT2D eigenvalue weighted by molar-refractivity contribution is 8.13. The maximum Gasteiger partial charge on any atom is 0.283 e. The molecule has 3 aromatic heterocycles. The van der Waals surface area contributed by atoms with E-state index >= 15 is 0 Å². The van der Waals surface area contributed by atoms with E-state index in [9.17, 15) is 34.4 Å². The first-order valence-corrected chi connectivity index (χ1v) is 22.6. The highest BCUT2D eigenvalue weighted by atomic mass is 35.7. The van der Waals surface area contributed by atoms with Gasteiger partial charge in [0, 0.05) is 66.5 Å². The number of alkyl halides is 4. The largest absolute Gasteiger partial charge is 0.327 e. The van der Waals surface area contributed by atoms with Gasteiger partial charge in [0.1, 0.15) is 11.6 Å². The van der Waals surface area contributed by atoms with E-state index in [1.807, 2.05) is 46.1 Å². The van der Waals surface area contributed by atoms with Crippen LogP contribution in [0.3, 0.4) is 0 Å². The van der Waals surface area contributed by atoms with Crippen molar-refractivity contribution in [3.63, 3.8) is 0 Å². The monoisotopic (exact) mass is 840 g/mol. The van der Waals surface area contributed by atoms with E-state index in [1.165, 1.54) is 24.5 Å². The summed E-state index contributed by atoms with van der Waals surface area (Å²) in [5.41, 5.74) is 2.20. The first kappa shape index (κ1) is 42.1. The van der Waals surface area contributed by atoms with Crippen LogP contribution < -0.4 is 0 Å². The Bertz CT molecular complexity index is 2410. The highest BCUT2D eigenvalue weighted by Gasteiger charge is 2.37. The van der Waals surface area contributed by atoms with Gasteiger partial charge in [0.25, 0.3) is 19.1 Å². The van der Waals surface area contributed by atoms with Crippen molar-refractivity contribution in [3.05, 3.63) is 66.5 Å². The Morgan fingerprint density at radius 2 is 1.11 bits per heavy atom. The lowest BCUT2D eigenvalue weighted by molar-refractivity contribution is -0.0478. The van der Waals surface area contributed by atoms with Crippen molar-refractivity contribution in [2.75, 3.05) is 0 Å². The molecule has 5 aromatic rings. The summed E-state index contributed by atoms with van der Waals surface area (Å²) in [5.74, 6) is -3.17. The zero-order valence-corrected chi connectivity index (χ0v) is 34.8. The molecule has 17 heteroatoms. The summed E-state index contributed by atoms with van der Waals surface area (Å²) in [4.78, 5) is 9.52. The molecule has 0 amide bonds. The average molecular weight is 841 g/mol. The van der Waals surface area contributed by atoms with Crippen molar-refractivity contribution in [3.8, 4) is 0 Å². The summed E-state index contributed by atoms with van der Waals surface area (Å²) >= 11 is 0. The molecule has 306 valence electrons. The normalized spacial score (nSPS) is 18.6. The van der Waals surface area contributed by atoms with Crippen molar-refractivity contribution in [1.29, 1.82) is 0 Å². The van der Waals surface area contributed by atoms with Gasteiger partial charge in [-0.2, -0.15) is 17.6 Å². The van der Waals surface area contributed by atoms with E-state index in [2.05, 4.69) is 14.6 Å². The van der Waals surface area contributed by atoms with E-state index in [1.54, 1.807) is 30.3 Å². The Hall–Kier alpha value is -3.50. The molecule has 0 unspecified atom stereocenters. The fourth-order valence-electron chi connectivity index (χ4n) is 7.63. The number of hydrogen-bond donors (Lipinski definition) is 0. The third kappa shape index (κ3) is 9.28. The van der Waals surface area contributed by atoms with Crippen molar-refractivity contribution in [1.82, 2.24) is 28.3 Å². The lowest BCUT2D eigenvalue weighted by Crippen LogP contribution is -2.28. The van der Waals surface area contributed by atoms with Gasteiger partial charge in [0.2, 0.25) is 11.8 Å². The molecule has 2 aliphatic rings. The third-order valence-electron chi connectivity index (χ3n) is 10.6. The van der Waals surface area contributed by atoms with Gasteiger partial charge in [-0.1, -0.05) is 41.5 Å². The second-order valence-electron chi connectivity index (χ2n) is 17.3. The molecule has 0 bridgehead atoms. The van der Waals surface area contributed by atoms with Crippen molar-refractivity contribution < 1.29 is 34.4 Å². The highest BCUT2D eigenvalue weighted by Crippen LogP contribution is 2.40.